The van der Waals surface area contributed by atoms with E-state index in [4.69, 9.17) is 0 Å². The van der Waals surface area contributed by atoms with Crippen LogP contribution < -0.4 is 0 Å². The lowest BCUT2D eigenvalue weighted by molar-refractivity contribution is 0.354. The molecule has 0 spiro atoms. The molecule has 1 aromatic rings. The van der Waals surface area contributed by atoms with Gasteiger partial charge in [-0.15, -0.1) is 0 Å². The van der Waals surface area contributed by atoms with Gasteiger partial charge in [-0.3, -0.25) is 4.68 Å². The Kier molecular flexibility index (Phi) is 3.20. The molecule has 68 valence electrons. The highest BCUT2D eigenvalue weighted by Crippen LogP contribution is 2.21. The molecule has 0 saturated carbocycles. The third-order valence-corrected chi connectivity index (χ3v) is 3.06. The van der Waals surface area contributed by atoms with Crippen LogP contribution in [-0.2, 0) is 9.97 Å². The van der Waals surface area contributed by atoms with Crippen molar-refractivity contribution >= 4 is 38.5 Å². The Morgan fingerprint density at radius 1 is 1.58 bits per heavy atom. The number of nitrogens with zero attached hydrogens (tertiary/aromatic N) is 2. The third-order valence-electron chi connectivity index (χ3n) is 1.57. The molecule has 0 atom stereocenters. The van der Waals surface area contributed by atoms with Gasteiger partial charge in [-0.05, 0) is 36.7 Å². The zero-order chi connectivity index (χ0) is 9.35. The van der Waals surface area contributed by atoms with E-state index < -0.39 is 0 Å². The zero-order valence-corrected chi connectivity index (χ0v) is 11.2. The highest BCUT2D eigenvalue weighted by Gasteiger charge is 2.15. The smallest absolute Gasteiger partial charge is 0.132 e. The van der Waals surface area contributed by atoms with Crippen LogP contribution in [-0.4, -0.2) is 9.78 Å². The topological polar surface area (TPSA) is 17.8 Å². The van der Waals surface area contributed by atoms with Crippen molar-refractivity contribution in [3.8, 4) is 0 Å². The second-order valence-electron chi connectivity index (χ2n) is 3.69. The Bertz CT molecular complexity index is 275. The predicted molar refractivity (Wildman–Crippen MR) is 62.6 cm³/mol. The molecule has 0 amide bonds. The zero-order valence-electron chi connectivity index (χ0n) is 7.43. The van der Waals surface area contributed by atoms with Crippen LogP contribution in [0.4, 0.5) is 0 Å². The van der Waals surface area contributed by atoms with Crippen LogP contribution in [0.25, 0.3) is 0 Å². The number of rotatable bonds is 1. The van der Waals surface area contributed by atoms with Gasteiger partial charge >= 0.3 is 0 Å². The normalized spacial score (nSPS) is 12.1. The monoisotopic (exact) mass is 342 g/mol. The number of halogens is 2. The lowest BCUT2D eigenvalue weighted by Gasteiger charge is -2.18. The quantitative estimate of drug-likeness (QED) is 0.565. The van der Waals surface area contributed by atoms with Crippen LogP contribution >= 0.6 is 38.5 Å². The van der Waals surface area contributed by atoms with Crippen molar-refractivity contribution in [2.75, 3.05) is 0 Å². The average molecular weight is 343 g/mol. The van der Waals surface area contributed by atoms with Crippen molar-refractivity contribution in [3.05, 3.63) is 16.4 Å². The van der Waals surface area contributed by atoms with Crippen LogP contribution in [0.1, 0.15) is 26.3 Å². The summed E-state index contributed by atoms with van der Waals surface area (Å²) in [5, 5.41) is 4.38. The molecule has 0 aromatic carbocycles. The first-order valence-corrected chi connectivity index (χ1v) is 6.07. The van der Waals surface area contributed by atoms with Gasteiger partial charge in [0.15, 0.2) is 0 Å². The van der Waals surface area contributed by atoms with Crippen molar-refractivity contribution in [1.29, 1.82) is 0 Å². The molecule has 1 rings (SSSR count). The van der Waals surface area contributed by atoms with Crippen molar-refractivity contribution in [3.63, 3.8) is 0 Å². The van der Waals surface area contributed by atoms with Gasteiger partial charge in [0.2, 0.25) is 0 Å². The lowest BCUT2D eigenvalue weighted by Crippen LogP contribution is -2.22. The SMILES string of the molecule is CC(C)(C)n1cc(CI)c(Br)n1. The van der Waals surface area contributed by atoms with E-state index in [0.717, 1.165) is 9.03 Å². The second kappa shape index (κ2) is 3.65. The molecule has 1 heterocycles. The van der Waals surface area contributed by atoms with E-state index in [0.29, 0.717) is 0 Å². The molecule has 0 N–H and O–H groups in total. The minimum absolute atomic E-state index is 0.0760. The molecule has 0 aliphatic rings. The number of alkyl halides is 1. The molecular formula is C8H12BrIN2. The summed E-state index contributed by atoms with van der Waals surface area (Å²) in [6, 6.07) is 0. The highest BCUT2D eigenvalue weighted by molar-refractivity contribution is 14.1. The molecule has 0 saturated heterocycles. The molecule has 0 aliphatic carbocycles. The first-order chi connectivity index (χ1) is 5.45. The maximum atomic E-state index is 4.38. The fraction of sp³-hybridized carbons (Fsp3) is 0.625. The first-order valence-electron chi connectivity index (χ1n) is 3.75. The van der Waals surface area contributed by atoms with E-state index in [9.17, 15) is 0 Å². The standard InChI is InChI=1S/C8H12BrIN2/c1-8(2,3)12-5-6(4-10)7(9)11-12/h5H,4H2,1-3H3. The summed E-state index contributed by atoms with van der Waals surface area (Å²) < 4.78 is 3.95. The van der Waals surface area contributed by atoms with Crippen molar-refractivity contribution in [1.82, 2.24) is 9.78 Å². The molecule has 12 heavy (non-hydrogen) atoms. The number of hydrogen-bond acceptors (Lipinski definition) is 1. The van der Waals surface area contributed by atoms with Crippen molar-refractivity contribution in [2.45, 2.75) is 30.7 Å². The van der Waals surface area contributed by atoms with E-state index in [1.807, 2.05) is 4.68 Å². The van der Waals surface area contributed by atoms with Gasteiger partial charge < -0.3 is 0 Å². The third kappa shape index (κ3) is 2.22. The second-order valence-corrected chi connectivity index (χ2v) is 5.21. The predicted octanol–water partition coefficient (Wildman–Crippen LogP) is 3.34. The summed E-state index contributed by atoms with van der Waals surface area (Å²) in [4.78, 5) is 0. The minimum Gasteiger partial charge on any atom is -0.266 e. The maximum absolute atomic E-state index is 4.38. The molecule has 0 fully saturated rings. The summed E-state index contributed by atoms with van der Waals surface area (Å²) in [6.45, 7) is 6.43. The van der Waals surface area contributed by atoms with Gasteiger partial charge in [0, 0.05) is 16.2 Å². The van der Waals surface area contributed by atoms with E-state index in [1.165, 1.54) is 5.56 Å². The Morgan fingerprint density at radius 3 is 2.42 bits per heavy atom. The van der Waals surface area contributed by atoms with Crippen LogP contribution in [0.15, 0.2) is 10.8 Å². The largest absolute Gasteiger partial charge is 0.266 e. The summed E-state index contributed by atoms with van der Waals surface area (Å²) >= 11 is 5.77. The van der Waals surface area contributed by atoms with E-state index in [-0.39, 0.29) is 5.54 Å². The van der Waals surface area contributed by atoms with Gasteiger partial charge in [0.1, 0.15) is 4.60 Å². The fourth-order valence-electron chi connectivity index (χ4n) is 0.822. The Hall–Kier alpha value is 0.420. The Balaban J connectivity index is 3.05. The van der Waals surface area contributed by atoms with Gasteiger partial charge in [0.05, 0.1) is 5.54 Å². The van der Waals surface area contributed by atoms with Gasteiger partial charge in [-0.25, -0.2) is 0 Å². The van der Waals surface area contributed by atoms with Crippen LogP contribution in [0.2, 0.25) is 0 Å². The van der Waals surface area contributed by atoms with Gasteiger partial charge in [0.25, 0.3) is 0 Å². The summed E-state index contributed by atoms with van der Waals surface area (Å²) in [6.07, 6.45) is 2.09. The van der Waals surface area contributed by atoms with E-state index in [2.05, 4.69) is 70.6 Å². The fourth-order valence-corrected chi connectivity index (χ4v) is 2.32. The summed E-state index contributed by atoms with van der Waals surface area (Å²) in [5.41, 5.74) is 1.33. The molecule has 0 unspecified atom stereocenters. The van der Waals surface area contributed by atoms with Crippen LogP contribution in [0, 0.1) is 0 Å². The molecular weight excluding hydrogens is 331 g/mol. The van der Waals surface area contributed by atoms with E-state index in [1.54, 1.807) is 0 Å². The average Bonchev–Trinajstić information content (AvgIpc) is 2.29. The first kappa shape index (κ1) is 10.5. The van der Waals surface area contributed by atoms with E-state index >= 15 is 0 Å². The maximum Gasteiger partial charge on any atom is 0.132 e. The Labute approximate surface area is 95.0 Å². The van der Waals surface area contributed by atoms with Crippen molar-refractivity contribution in [2.24, 2.45) is 0 Å². The molecule has 0 aliphatic heterocycles. The van der Waals surface area contributed by atoms with Gasteiger partial charge in [-0.1, -0.05) is 22.6 Å². The summed E-state index contributed by atoms with van der Waals surface area (Å²) in [5.74, 6) is 0. The van der Waals surface area contributed by atoms with Crippen LogP contribution in [0.3, 0.4) is 0 Å². The summed E-state index contributed by atoms with van der Waals surface area (Å²) in [7, 11) is 0. The minimum atomic E-state index is 0.0760. The number of aromatic nitrogens is 2. The molecule has 0 bridgehead atoms. The number of hydrogen-bond donors (Lipinski definition) is 0. The molecule has 1 aromatic heterocycles. The molecule has 0 radical (unpaired) electrons. The van der Waals surface area contributed by atoms with Gasteiger partial charge in [-0.2, -0.15) is 5.10 Å². The lowest BCUT2D eigenvalue weighted by atomic mass is 10.1. The van der Waals surface area contributed by atoms with Crippen LogP contribution in [0.5, 0.6) is 0 Å². The van der Waals surface area contributed by atoms with Crippen molar-refractivity contribution < 1.29 is 0 Å². The highest BCUT2D eigenvalue weighted by atomic mass is 127. The molecule has 2 nitrogen and oxygen atoms in total. The molecule has 4 heteroatoms. The Morgan fingerprint density at radius 2 is 2.17 bits per heavy atom.